The summed E-state index contributed by atoms with van der Waals surface area (Å²) in [5, 5.41) is 0. The zero-order valence-corrected chi connectivity index (χ0v) is 18.8. The number of carbonyl (C=O) groups excluding carboxylic acids is 3. The highest BCUT2D eigenvalue weighted by atomic mass is 16.5. The molecule has 3 aliphatic rings. The lowest BCUT2D eigenvalue weighted by molar-refractivity contribution is -0.123. The number of amides is 2. The molecule has 2 amide bonds. The monoisotopic (exact) mass is 431 g/mol. The molecule has 2 aliphatic carbocycles. The number of rotatable bonds is 5. The minimum atomic E-state index is -0.506. The van der Waals surface area contributed by atoms with Gasteiger partial charge in [-0.3, -0.25) is 14.5 Å². The zero-order valence-electron chi connectivity index (χ0n) is 18.8. The van der Waals surface area contributed by atoms with Crippen LogP contribution in [0.3, 0.4) is 0 Å². The van der Waals surface area contributed by atoms with Gasteiger partial charge in [0.2, 0.25) is 11.8 Å². The van der Waals surface area contributed by atoms with E-state index in [1.54, 1.807) is 36.4 Å². The van der Waals surface area contributed by atoms with Crippen molar-refractivity contribution in [1.82, 2.24) is 0 Å². The van der Waals surface area contributed by atoms with Crippen molar-refractivity contribution < 1.29 is 19.1 Å². The average Bonchev–Trinajstić information content (AvgIpc) is 3.48. The Kier molecular flexibility index (Phi) is 4.95. The van der Waals surface area contributed by atoms with Crippen LogP contribution in [0.2, 0.25) is 0 Å². The van der Waals surface area contributed by atoms with Crippen molar-refractivity contribution in [2.45, 2.75) is 51.9 Å². The molecule has 2 aromatic rings. The maximum atomic E-state index is 13.1. The van der Waals surface area contributed by atoms with Crippen LogP contribution in [-0.4, -0.2) is 17.8 Å². The van der Waals surface area contributed by atoms with E-state index in [1.807, 2.05) is 12.1 Å². The predicted molar refractivity (Wildman–Crippen MR) is 121 cm³/mol. The fraction of sp³-hybridized carbons (Fsp3) is 0.444. The number of benzene rings is 2. The van der Waals surface area contributed by atoms with E-state index in [0.717, 1.165) is 25.7 Å². The van der Waals surface area contributed by atoms with Crippen LogP contribution in [0.5, 0.6) is 5.75 Å². The lowest BCUT2D eigenvalue weighted by Gasteiger charge is -2.23. The molecule has 5 rings (SSSR count). The van der Waals surface area contributed by atoms with Gasteiger partial charge in [0.1, 0.15) is 5.75 Å². The van der Waals surface area contributed by atoms with Crippen LogP contribution in [-0.2, 0) is 15.0 Å². The Balaban J connectivity index is 1.34. The third-order valence-corrected chi connectivity index (χ3v) is 8.00. The molecule has 2 bridgehead atoms. The molecule has 0 spiro atoms. The number of hydrogen-bond donors (Lipinski definition) is 0. The smallest absolute Gasteiger partial charge is 0.343 e. The van der Waals surface area contributed by atoms with Gasteiger partial charge in [-0.1, -0.05) is 39.0 Å². The molecule has 1 heterocycles. The predicted octanol–water partition coefficient (Wildman–Crippen LogP) is 5.13. The lowest BCUT2D eigenvalue weighted by Crippen LogP contribution is -2.32. The van der Waals surface area contributed by atoms with Crippen LogP contribution < -0.4 is 9.64 Å². The second kappa shape index (κ2) is 7.58. The van der Waals surface area contributed by atoms with Crippen molar-refractivity contribution in [3.05, 3.63) is 59.7 Å². The zero-order chi connectivity index (χ0) is 22.6. The summed E-state index contributed by atoms with van der Waals surface area (Å²) in [6.45, 7) is 6.51. The molecule has 5 nitrogen and oxygen atoms in total. The van der Waals surface area contributed by atoms with E-state index < -0.39 is 5.97 Å². The van der Waals surface area contributed by atoms with Crippen LogP contribution >= 0.6 is 0 Å². The molecule has 32 heavy (non-hydrogen) atoms. The normalized spacial score (nSPS) is 26.5. The summed E-state index contributed by atoms with van der Waals surface area (Å²) in [6.07, 6.45) is 4.09. The number of ether oxygens (including phenoxy) is 1. The Morgan fingerprint density at radius 1 is 1.00 bits per heavy atom. The van der Waals surface area contributed by atoms with Gasteiger partial charge in [0, 0.05) is 0 Å². The van der Waals surface area contributed by atoms with E-state index >= 15 is 0 Å². The Bertz CT molecular complexity index is 1060. The van der Waals surface area contributed by atoms with Gasteiger partial charge in [-0.15, -0.1) is 0 Å². The first-order valence-corrected chi connectivity index (χ1v) is 11.6. The van der Waals surface area contributed by atoms with Crippen LogP contribution in [0.4, 0.5) is 5.69 Å². The van der Waals surface area contributed by atoms with E-state index in [1.165, 1.54) is 10.5 Å². The summed E-state index contributed by atoms with van der Waals surface area (Å²) in [7, 11) is 0. The number of imide groups is 1. The van der Waals surface area contributed by atoms with Crippen LogP contribution in [0.25, 0.3) is 0 Å². The van der Waals surface area contributed by atoms with Gasteiger partial charge in [-0.2, -0.15) is 0 Å². The van der Waals surface area contributed by atoms with Gasteiger partial charge < -0.3 is 4.74 Å². The number of hydrogen-bond acceptors (Lipinski definition) is 4. The van der Waals surface area contributed by atoms with Crippen LogP contribution in [0, 0.1) is 23.7 Å². The number of nitrogens with zero attached hydrogens (tertiary/aromatic N) is 1. The average molecular weight is 432 g/mol. The van der Waals surface area contributed by atoms with Crippen LogP contribution in [0.1, 0.15) is 62.4 Å². The Morgan fingerprint density at radius 3 is 2.22 bits per heavy atom. The summed E-state index contributed by atoms with van der Waals surface area (Å²) in [5.74, 6) is 0.0638. The molecular formula is C27H29NO4. The summed E-state index contributed by atoms with van der Waals surface area (Å²) in [6, 6.07) is 14.2. The molecule has 4 atom stereocenters. The van der Waals surface area contributed by atoms with Crippen molar-refractivity contribution in [1.29, 1.82) is 0 Å². The highest BCUT2D eigenvalue weighted by molar-refractivity contribution is 6.22. The first kappa shape index (κ1) is 20.9. The Hall–Kier alpha value is -2.95. The SMILES string of the molecule is CCC(C)(C)c1ccc(OC(=O)c2cccc(N3C(=O)[C@H]4[C@@H]5CC[C@@H](C5)[C@@H]4C3=O)c2)cc1. The molecule has 2 saturated carbocycles. The Morgan fingerprint density at radius 2 is 1.62 bits per heavy atom. The molecule has 3 fully saturated rings. The second-order valence-electron chi connectivity index (χ2n) is 10.1. The maximum absolute atomic E-state index is 13.1. The molecular weight excluding hydrogens is 402 g/mol. The molecule has 0 N–H and O–H groups in total. The minimum absolute atomic E-state index is 0.0590. The first-order chi connectivity index (χ1) is 15.3. The summed E-state index contributed by atoms with van der Waals surface area (Å²) in [4.78, 5) is 40.3. The molecule has 0 radical (unpaired) electrons. The van der Waals surface area contributed by atoms with Gasteiger partial charge in [-0.25, -0.2) is 4.79 Å². The van der Waals surface area contributed by atoms with Crippen molar-refractivity contribution in [2.24, 2.45) is 23.7 Å². The van der Waals surface area contributed by atoms with Gasteiger partial charge in [0.15, 0.2) is 0 Å². The van der Waals surface area contributed by atoms with Crippen molar-refractivity contribution in [3.8, 4) is 5.75 Å². The van der Waals surface area contributed by atoms with E-state index in [2.05, 4.69) is 20.8 Å². The van der Waals surface area contributed by atoms with Gasteiger partial charge >= 0.3 is 5.97 Å². The minimum Gasteiger partial charge on any atom is -0.423 e. The van der Waals surface area contributed by atoms with Crippen molar-refractivity contribution in [3.63, 3.8) is 0 Å². The van der Waals surface area contributed by atoms with E-state index in [0.29, 0.717) is 28.8 Å². The van der Waals surface area contributed by atoms with E-state index in [4.69, 9.17) is 4.74 Å². The third kappa shape index (κ3) is 3.26. The maximum Gasteiger partial charge on any atom is 0.343 e. The topological polar surface area (TPSA) is 63.7 Å². The van der Waals surface area contributed by atoms with Gasteiger partial charge in [0.25, 0.3) is 0 Å². The van der Waals surface area contributed by atoms with Gasteiger partial charge in [0.05, 0.1) is 23.1 Å². The van der Waals surface area contributed by atoms with E-state index in [9.17, 15) is 14.4 Å². The standard InChI is InChI=1S/C27H29NO4/c1-4-27(2,3)19-10-12-21(13-11-19)32-26(31)18-6-5-7-20(15-18)28-24(29)22-16-8-9-17(14-16)23(22)25(28)30/h5-7,10-13,15-17,22-23H,4,8-9,14H2,1-3H3/t16-,17+,22-,23-/m0/s1. The third-order valence-electron chi connectivity index (χ3n) is 8.00. The largest absolute Gasteiger partial charge is 0.423 e. The second-order valence-corrected chi connectivity index (χ2v) is 10.1. The molecule has 2 aromatic carbocycles. The number of esters is 1. The number of carbonyl (C=O) groups is 3. The number of fused-ring (bicyclic) bond motifs is 5. The first-order valence-electron chi connectivity index (χ1n) is 11.6. The molecule has 0 aromatic heterocycles. The molecule has 0 unspecified atom stereocenters. The van der Waals surface area contributed by atoms with Crippen LogP contribution in [0.15, 0.2) is 48.5 Å². The molecule has 1 aliphatic heterocycles. The van der Waals surface area contributed by atoms with E-state index in [-0.39, 0.29) is 29.1 Å². The van der Waals surface area contributed by atoms with Gasteiger partial charge in [-0.05, 0) is 78.8 Å². The highest BCUT2D eigenvalue weighted by Gasteiger charge is 2.61. The highest BCUT2D eigenvalue weighted by Crippen LogP contribution is 2.56. The lowest BCUT2D eigenvalue weighted by atomic mass is 9.81. The molecule has 166 valence electrons. The summed E-state index contributed by atoms with van der Waals surface area (Å²) < 4.78 is 5.56. The molecule has 5 heteroatoms. The summed E-state index contributed by atoms with van der Waals surface area (Å²) >= 11 is 0. The Labute approximate surface area is 188 Å². The number of anilines is 1. The molecule has 1 saturated heterocycles. The van der Waals surface area contributed by atoms with Crippen molar-refractivity contribution in [2.75, 3.05) is 4.90 Å². The summed E-state index contributed by atoms with van der Waals surface area (Å²) in [5.41, 5.74) is 2.03. The fourth-order valence-electron chi connectivity index (χ4n) is 5.78. The fourth-order valence-corrected chi connectivity index (χ4v) is 5.78. The van der Waals surface area contributed by atoms with Crippen molar-refractivity contribution >= 4 is 23.5 Å². The quantitative estimate of drug-likeness (QED) is 0.374.